The van der Waals surface area contributed by atoms with E-state index < -0.39 is 5.60 Å². The van der Waals surface area contributed by atoms with Crippen LogP contribution in [0.2, 0.25) is 0 Å². The molecule has 1 aliphatic rings. The zero-order valence-corrected chi connectivity index (χ0v) is 9.51. The third kappa shape index (κ3) is 2.72. The van der Waals surface area contributed by atoms with E-state index in [9.17, 15) is 5.11 Å². The summed E-state index contributed by atoms with van der Waals surface area (Å²) < 4.78 is 0. The van der Waals surface area contributed by atoms with E-state index >= 15 is 0 Å². The summed E-state index contributed by atoms with van der Waals surface area (Å²) in [5.41, 5.74) is 3.43. The first-order valence-corrected chi connectivity index (χ1v) is 5.63. The van der Waals surface area contributed by atoms with Gasteiger partial charge in [0.1, 0.15) is 0 Å². The first-order chi connectivity index (χ1) is 7.04. The van der Waals surface area contributed by atoms with Crippen LogP contribution >= 0.6 is 0 Å². The molecule has 0 spiro atoms. The highest BCUT2D eigenvalue weighted by molar-refractivity contribution is 5.50. The number of anilines is 1. The number of fused-ring (bicyclic) bond motifs is 1. The van der Waals surface area contributed by atoms with E-state index in [4.69, 9.17) is 0 Å². The Hall–Kier alpha value is -1.02. The summed E-state index contributed by atoms with van der Waals surface area (Å²) in [6, 6.07) is 6.53. The van der Waals surface area contributed by atoms with Crippen molar-refractivity contribution < 1.29 is 5.11 Å². The predicted molar refractivity (Wildman–Crippen MR) is 63.3 cm³/mol. The lowest BCUT2D eigenvalue weighted by molar-refractivity contribution is 0.0945. The largest absolute Gasteiger partial charge is 0.389 e. The topological polar surface area (TPSA) is 32.3 Å². The van der Waals surface area contributed by atoms with Crippen LogP contribution in [0.3, 0.4) is 0 Å². The maximum absolute atomic E-state index is 9.61. The van der Waals surface area contributed by atoms with Crippen LogP contribution in [-0.4, -0.2) is 17.3 Å². The minimum absolute atomic E-state index is 0.589. The van der Waals surface area contributed by atoms with Gasteiger partial charge in [0.15, 0.2) is 0 Å². The second kappa shape index (κ2) is 3.86. The van der Waals surface area contributed by atoms with Gasteiger partial charge in [0.25, 0.3) is 0 Å². The number of hydrogen-bond donors (Lipinski definition) is 2. The Morgan fingerprint density at radius 1 is 1.27 bits per heavy atom. The van der Waals surface area contributed by atoms with E-state index in [0.717, 1.165) is 5.69 Å². The van der Waals surface area contributed by atoms with Gasteiger partial charge in [-0.3, -0.25) is 0 Å². The SMILES string of the molecule is CC(C)(O)CNc1ccc2c(c1)CCC2. The second-order valence-corrected chi connectivity index (χ2v) is 5.00. The van der Waals surface area contributed by atoms with E-state index in [1.54, 1.807) is 0 Å². The smallest absolute Gasteiger partial charge is 0.0763 e. The lowest BCUT2D eigenvalue weighted by atomic mass is 10.1. The molecule has 0 aromatic heterocycles. The molecule has 1 aromatic carbocycles. The molecule has 0 unspecified atom stereocenters. The average Bonchev–Trinajstić information content (AvgIpc) is 2.60. The molecular weight excluding hydrogens is 186 g/mol. The van der Waals surface area contributed by atoms with Crippen molar-refractivity contribution in [3.05, 3.63) is 29.3 Å². The number of aryl methyl sites for hydroxylation is 2. The summed E-state index contributed by atoms with van der Waals surface area (Å²) in [5.74, 6) is 0. The van der Waals surface area contributed by atoms with E-state index in [2.05, 4.69) is 23.5 Å². The minimum Gasteiger partial charge on any atom is -0.389 e. The van der Waals surface area contributed by atoms with Gasteiger partial charge < -0.3 is 10.4 Å². The average molecular weight is 205 g/mol. The molecule has 1 aromatic rings. The van der Waals surface area contributed by atoms with E-state index in [-0.39, 0.29) is 0 Å². The molecule has 0 radical (unpaired) electrons. The van der Waals surface area contributed by atoms with Gasteiger partial charge in [-0.15, -0.1) is 0 Å². The molecule has 82 valence electrons. The number of hydrogen-bond acceptors (Lipinski definition) is 2. The summed E-state index contributed by atoms with van der Waals surface area (Å²) in [6.07, 6.45) is 3.71. The molecule has 0 saturated heterocycles. The summed E-state index contributed by atoms with van der Waals surface area (Å²) in [4.78, 5) is 0. The monoisotopic (exact) mass is 205 g/mol. The van der Waals surface area contributed by atoms with Gasteiger partial charge in [0, 0.05) is 12.2 Å². The molecule has 2 nitrogen and oxygen atoms in total. The Kier molecular flexibility index (Phi) is 2.70. The fraction of sp³-hybridized carbons (Fsp3) is 0.538. The number of rotatable bonds is 3. The summed E-state index contributed by atoms with van der Waals surface area (Å²) in [5, 5.41) is 12.9. The summed E-state index contributed by atoms with van der Waals surface area (Å²) in [6.45, 7) is 4.21. The maximum Gasteiger partial charge on any atom is 0.0763 e. The van der Waals surface area contributed by atoms with Gasteiger partial charge in [0.05, 0.1) is 5.60 Å². The van der Waals surface area contributed by atoms with Crippen LogP contribution in [0.4, 0.5) is 5.69 Å². The van der Waals surface area contributed by atoms with Crippen LogP contribution < -0.4 is 5.32 Å². The van der Waals surface area contributed by atoms with E-state index in [0.29, 0.717) is 6.54 Å². The summed E-state index contributed by atoms with van der Waals surface area (Å²) >= 11 is 0. The fourth-order valence-corrected chi connectivity index (χ4v) is 2.00. The molecular formula is C13H19NO. The number of aliphatic hydroxyl groups is 1. The van der Waals surface area contributed by atoms with Gasteiger partial charge in [0.2, 0.25) is 0 Å². The van der Waals surface area contributed by atoms with Crippen LogP contribution in [0, 0.1) is 0 Å². The van der Waals surface area contributed by atoms with Gasteiger partial charge in [-0.2, -0.15) is 0 Å². The third-order valence-electron chi connectivity index (χ3n) is 2.82. The first kappa shape index (κ1) is 10.5. The molecule has 0 bridgehead atoms. The van der Waals surface area contributed by atoms with Crippen LogP contribution in [0.25, 0.3) is 0 Å². The summed E-state index contributed by atoms with van der Waals surface area (Å²) in [7, 11) is 0. The molecule has 0 heterocycles. The number of benzene rings is 1. The van der Waals surface area contributed by atoms with Crippen LogP contribution in [0.5, 0.6) is 0 Å². The van der Waals surface area contributed by atoms with Gasteiger partial charge in [-0.25, -0.2) is 0 Å². The Bertz CT molecular complexity index is 352. The minimum atomic E-state index is -0.654. The van der Waals surface area contributed by atoms with Crippen molar-refractivity contribution in [2.75, 3.05) is 11.9 Å². The maximum atomic E-state index is 9.61. The molecule has 0 atom stereocenters. The highest BCUT2D eigenvalue weighted by Gasteiger charge is 2.13. The molecule has 2 heteroatoms. The van der Waals surface area contributed by atoms with Crippen molar-refractivity contribution in [1.29, 1.82) is 0 Å². The van der Waals surface area contributed by atoms with Crippen molar-refractivity contribution in [2.24, 2.45) is 0 Å². The molecule has 2 N–H and O–H groups in total. The van der Waals surface area contributed by atoms with Gasteiger partial charge >= 0.3 is 0 Å². The van der Waals surface area contributed by atoms with E-state index in [1.165, 1.54) is 30.4 Å². The zero-order valence-electron chi connectivity index (χ0n) is 9.51. The molecule has 0 fully saturated rings. The predicted octanol–water partition coefficient (Wildman–Crippen LogP) is 2.36. The first-order valence-electron chi connectivity index (χ1n) is 5.63. The molecule has 0 amide bonds. The second-order valence-electron chi connectivity index (χ2n) is 5.00. The van der Waals surface area contributed by atoms with Crippen molar-refractivity contribution in [3.8, 4) is 0 Å². The van der Waals surface area contributed by atoms with Crippen molar-refractivity contribution >= 4 is 5.69 Å². The van der Waals surface area contributed by atoms with Crippen LogP contribution in [0.15, 0.2) is 18.2 Å². The molecule has 2 rings (SSSR count). The quantitative estimate of drug-likeness (QED) is 0.794. The lowest BCUT2D eigenvalue weighted by Crippen LogP contribution is -2.29. The standard InChI is InChI=1S/C13H19NO/c1-13(2,15)9-14-12-7-6-10-4-3-5-11(10)8-12/h6-8,14-15H,3-5,9H2,1-2H3. The van der Waals surface area contributed by atoms with Crippen molar-refractivity contribution in [2.45, 2.75) is 38.7 Å². The molecule has 15 heavy (non-hydrogen) atoms. The normalized spacial score (nSPS) is 15.1. The zero-order chi connectivity index (χ0) is 10.9. The fourth-order valence-electron chi connectivity index (χ4n) is 2.00. The van der Waals surface area contributed by atoms with Crippen LogP contribution in [-0.2, 0) is 12.8 Å². The Morgan fingerprint density at radius 3 is 2.73 bits per heavy atom. The Labute approximate surface area is 91.3 Å². The van der Waals surface area contributed by atoms with Gasteiger partial charge in [-0.1, -0.05) is 6.07 Å². The molecule has 0 saturated carbocycles. The molecule has 0 aliphatic heterocycles. The van der Waals surface area contributed by atoms with Gasteiger partial charge in [-0.05, 0) is 56.4 Å². The van der Waals surface area contributed by atoms with Crippen LogP contribution in [0.1, 0.15) is 31.4 Å². The molecule has 1 aliphatic carbocycles. The highest BCUT2D eigenvalue weighted by atomic mass is 16.3. The van der Waals surface area contributed by atoms with E-state index in [1.807, 2.05) is 13.8 Å². The van der Waals surface area contributed by atoms with Crippen molar-refractivity contribution in [1.82, 2.24) is 0 Å². The highest BCUT2D eigenvalue weighted by Crippen LogP contribution is 2.25. The van der Waals surface area contributed by atoms with Crippen molar-refractivity contribution in [3.63, 3.8) is 0 Å². The Morgan fingerprint density at radius 2 is 2.00 bits per heavy atom. The third-order valence-corrected chi connectivity index (χ3v) is 2.82. The number of nitrogens with one attached hydrogen (secondary N) is 1. The Balaban J connectivity index is 2.04. The lowest BCUT2D eigenvalue weighted by Gasteiger charge is -2.18.